The first-order chi connectivity index (χ1) is 10.1. The van der Waals surface area contributed by atoms with Crippen LogP contribution in [0.2, 0.25) is 0 Å². The Balaban J connectivity index is 1.89. The average molecular weight is 323 g/mol. The second-order valence-corrected chi connectivity index (χ2v) is 6.33. The number of fused-ring (bicyclic) bond motifs is 1. The Kier molecular flexibility index (Phi) is 3.78. The third-order valence-electron chi connectivity index (χ3n) is 3.50. The van der Waals surface area contributed by atoms with Gasteiger partial charge in [-0.25, -0.2) is 4.79 Å². The van der Waals surface area contributed by atoms with Gasteiger partial charge >= 0.3 is 6.03 Å². The number of urea groups is 1. The number of nitrogens with one attached hydrogen (secondary N) is 1. The van der Waals surface area contributed by atoms with Crippen LogP contribution in [0.25, 0.3) is 0 Å². The number of rotatable bonds is 3. The number of carbonyl (C=O) groups is 1. The lowest BCUT2D eigenvalue weighted by Crippen LogP contribution is -2.35. The maximum Gasteiger partial charge on any atom is 0.321 e. The van der Waals surface area contributed by atoms with Crippen molar-refractivity contribution in [1.82, 2.24) is 4.90 Å². The van der Waals surface area contributed by atoms with Crippen LogP contribution in [0, 0.1) is 0 Å². The first-order valence-electron chi connectivity index (χ1n) is 6.50. The quantitative estimate of drug-likeness (QED) is 0.866. The summed E-state index contributed by atoms with van der Waals surface area (Å²) in [4.78, 5) is 14.3. The summed E-state index contributed by atoms with van der Waals surface area (Å²) in [5.41, 5.74) is 2.95. The molecule has 2 aromatic rings. The van der Waals surface area contributed by atoms with Gasteiger partial charge in [-0.3, -0.25) is 0 Å². The second-order valence-electron chi connectivity index (χ2n) is 4.95. The molecule has 1 aliphatic heterocycles. The van der Waals surface area contributed by atoms with Crippen LogP contribution in [0.5, 0.6) is 5.75 Å². The van der Waals surface area contributed by atoms with E-state index in [0.29, 0.717) is 6.54 Å². The number of hydrogen-bond acceptors (Lipinski definition) is 3. The fraction of sp³-hybridized carbons (Fsp3) is 0.267. The highest BCUT2D eigenvalue weighted by Gasteiger charge is 2.21. The molecule has 0 saturated heterocycles. The van der Waals surface area contributed by atoms with Crippen molar-refractivity contribution in [2.75, 3.05) is 19.5 Å². The summed E-state index contributed by atoms with van der Waals surface area (Å²) >= 11 is 8.14. The van der Waals surface area contributed by atoms with Crippen molar-refractivity contribution in [2.24, 2.45) is 0 Å². The number of amides is 2. The lowest BCUT2D eigenvalue weighted by molar-refractivity contribution is 0.218. The Morgan fingerprint density at radius 1 is 1.43 bits per heavy atom. The van der Waals surface area contributed by atoms with Crippen molar-refractivity contribution >= 4 is 34.7 Å². The number of hydrogen-bond donors (Lipinski definition) is 1. The molecule has 0 aliphatic carbocycles. The molecule has 1 unspecified atom stereocenters. The van der Waals surface area contributed by atoms with E-state index >= 15 is 0 Å². The SMILES string of the molecule is COc1csc(C(Cl)c2ccc3c(c2)CN(C)C(=O)N3)c1. The topological polar surface area (TPSA) is 41.6 Å². The number of thiophene rings is 1. The van der Waals surface area contributed by atoms with Gasteiger partial charge in [0.25, 0.3) is 0 Å². The summed E-state index contributed by atoms with van der Waals surface area (Å²) < 4.78 is 5.19. The maximum atomic E-state index is 11.6. The number of methoxy groups -OCH3 is 1. The molecule has 1 atom stereocenters. The molecule has 0 spiro atoms. The smallest absolute Gasteiger partial charge is 0.321 e. The summed E-state index contributed by atoms with van der Waals surface area (Å²) in [6, 6.07) is 7.79. The van der Waals surface area contributed by atoms with Crippen LogP contribution in [0.1, 0.15) is 21.4 Å². The number of nitrogens with zero attached hydrogens (tertiary/aromatic N) is 1. The third-order valence-corrected chi connectivity index (χ3v) is 5.09. The summed E-state index contributed by atoms with van der Waals surface area (Å²) in [6.45, 7) is 0.590. The Morgan fingerprint density at radius 2 is 2.24 bits per heavy atom. The molecular formula is C15H15ClN2O2S. The minimum atomic E-state index is -0.216. The molecule has 3 rings (SSSR count). The Hall–Kier alpha value is -1.72. The van der Waals surface area contributed by atoms with E-state index in [9.17, 15) is 4.79 Å². The van der Waals surface area contributed by atoms with Gasteiger partial charge in [0.2, 0.25) is 0 Å². The molecule has 6 heteroatoms. The van der Waals surface area contributed by atoms with Crippen LogP contribution in [-0.2, 0) is 6.54 Å². The molecule has 1 N–H and O–H groups in total. The number of halogens is 1. The maximum absolute atomic E-state index is 11.6. The van der Waals surface area contributed by atoms with Gasteiger partial charge in [-0.15, -0.1) is 22.9 Å². The highest BCUT2D eigenvalue weighted by atomic mass is 35.5. The zero-order valence-corrected chi connectivity index (χ0v) is 13.3. The van der Waals surface area contributed by atoms with Crippen molar-refractivity contribution in [3.05, 3.63) is 45.6 Å². The van der Waals surface area contributed by atoms with Gasteiger partial charge in [-0.1, -0.05) is 12.1 Å². The minimum Gasteiger partial charge on any atom is -0.496 e. The molecule has 2 heterocycles. The first kappa shape index (κ1) is 14.2. The van der Waals surface area contributed by atoms with Crippen molar-refractivity contribution in [1.29, 1.82) is 0 Å². The summed E-state index contributed by atoms with van der Waals surface area (Å²) in [5, 5.41) is 4.58. The number of ether oxygens (including phenoxy) is 1. The van der Waals surface area contributed by atoms with Crippen LogP contribution in [-0.4, -0.2) is 25.1 Å². The predicted molar refractivity (Wildman–Crippen MR) is 85.5 cm³/mol. The fourth-order valence-corrected chi connectivity index (χ4v) is 3.51. The molecule has 1 aromatic carbocycles. The number of alkyl halides is 1. The van der Waals surface area contributed by atoms with Crippen molar-refractivity contribution in [3.63, 3.8) is 0 Å². The molecule has 1 aliphatic rings. The van der Waals surface area contributed by atoms with Crippen LogP contribution in [0.3, 0.4) is 0 Å². The molecule has 2 amide bonds. The molecule has 0 fully saturated rings. The largest absolute Gasteiger partial charge is 0.496 e. The van der Waals surface area contributed by atoms with Gasteiger partial charge in [0, 0.05) is 29.5 Å². The summed E-state index contributed by atoms with van der Waals surface area (Å²) in [5.74, 6) is 0.825. The van der Waals surface area contributed by atoms with E-state index in [1.54, 1.807) is 30.4 Å². The molecule has 0 bridgehead atoms. The Morgan fingerprint density at radius 3 is 2.95 bits per heavy atom. The van der Waals surface area contributed by atoms with E-state index in [1.807, 2.05) is 23.6 Å². The normalized spacial score (nSPS) is 15.4. The highest BCUT2D eigenvalue weighted by Crippen LogP contribution is 2.37. The van der Waals surface area contributed by atoms with E-state index in [-0.39, 0.29) is 11.4 Å². The van der Waals surface area contributed by atoms with E-state index in [4.69, 9.17) is 16.3 Å². The Labute approximate surface area is 132 Å². The van der Waals surface area contributed by atoms with E-state index < -0.39 is 0 Å². The lowest BCUT2D eigenvalue weighted by atomic mass is 10.0. The van der Waals surface area contributed by atoms with Gasteiger partial charge < -0.3 is 15.0 Å². The van der Waals surface area contributed by atoms with Crippen molar-refractivity contribution in [2.45, 2.75) is 11.9 Å². The van der Waals surface area contributed by atoms with Crippen LogP contribution < -0.4 is 10.1 Å². The molecule has 0 radical (unpaired) electrons. The third kappa shape index (κ3) is 2.71. The molecule has 4 nitrogen and oxygen atoms in total. The van der Waals surface area contributed by atoms with Crippen LogP contribution >= 0.6 is 22.9 Å². The first-order valence-corrected chi connectivity index (χ1v) is 7.81. The number of benzene rings is 1. The van der Waals surface area contributed by atoms with Gasteiger partial charge in [-0.2, -0.15) is 0 Å². The molecule has 0 saturated carbocycles. The molecule has 21 heavy (non-hydrogen) atoms. The summed E-state index contributed by atoms with van der Waals surface area (Å²) in [7, 11) is 3.42. The lowest BCUT2D eigenvalue weighted by Gasteiger charge is -2.26. The van der Waals surface area contributed by atoms with Crippen molar-refractivity contribution < 1.29 is 9.53 Å². The van der Waals surface area contributed by atoms with Crippen LogP contribution in [0.4, 0.5) is 10.5 Å². The number of anilines is 1. The van der Waals surface area contributed by atoms with Gasteiger partial charge in [0.15, 0.2) is 0 Å². The zero-order valence-electron chi connectivity index (χ0n) is 11.7. The zero-order chi connectivity index (χ0) is 15.0. The minimum absolute atomic E-state index is 0.0827. The average Bonchev–Trinajstić information content (AvgIpc) is 2.96. The summed E-state index contributed by atoms with van der Waals surface area (Å²) in [6.07, 6.45) is 0. The molecule has 110 valence electrons. The molecule has 1 aromatic heterocycles. The highest BCUT2D eigenvalue weighted by molar-refractivity contribution is 7.10. The van der Waals surface area contributed by atoms with Gasteiger partial charge in [0.1, 0.15) is 5.75 Å². The standard InChI is InChI=1S/C15H15ClN2O2S/c1-18-7-10-5-9(3-4-12(10)17-15(18)19)14(16)13-6-11(20-2)8-21-13/h3-6,8,14H,7H2,1-2H3,(H,17,19). The second kappa shape index (κ2) is 5.58. The van der Waals surface area contributed by atoms with Gasteiger partial charge in [0.05, 0.1) is 12.5 Å². The Bertz CT molecular complexity index is 686. The predicted octanol–water partition coefficient (Wildman–Crippen LogP) is 4.06. The molecular weight excluding hydrogens is 308 g/mol. The monoisotopic (exact) mass is 322 g/mol. The van der Waals surface area contributed by atoms with E-state index in [1.165, 1.54) is 0 Å². The van der Waals surface area contributed by atoms with Crippen molar-refractivity contribution in [3.8, 4) is 5.75 Å². The van der Waals surface area contributed by atoms with E-state index in [0.717, 1.165) is 27.4 Å². The van der Waals surface area contributed by atoms with E-state index in [2.05, 4.69) is 11.4 Å². The number of carbonyl (C=O) groups excluding carboxylic acids is 1. The fourth-order valence-electron chi connectivity index (χ4n) is 2.30. The van der Waals surface area contributed by atoms with Gasteiger partial charge in [-0.05, 0) is 23.3 Å². The van der Waals surface area contributed by atoms with Crippen LogP contribution in [0.15, 0.2) is 29.6 Å².